The monoisotopic (exact) mass is 465 g/mol. The van der Waals surface area contributed by atoms with E-state index in [0.29, 0.717) is 11.3 Å². The van der Waals surface area contributed by atoms with Gasteiger partial charge in [0.2, 0.25) is 0 Å². The maximum atomic E-state index is 12.8. The molecule has 0 N–H and O–H groups in total. The zero-order valence-corrected chi connectivity index (χ0v) is 20.0. The molecule has 0 spiro atoms. The molecule has 0 saturated carbocycles. The molecule has 7 nitrogen and oxygen atoms in total. The lowest BCUT2D eigenvalue weighted by atomic mass is 9.80. The Balaban J connectivity index is 1.42. The Bertz CT molecular complexity index is 1020. The van der Waals surface area contributed by atoms with Crippen LogP contribution < -0.4 is 4.74 Å². The maximum Gasteiger partial charge on any atom is 0.326 e. The van der Waals surface area contributed by atoms with Crippen molar-refractivity contribution in [3.05, 3.63) is 65.2 Å². The van der Waals surface area contributed by atoms with Crippen molar-refractivity contribution in [2.24, 2.45) is 5.41 Å². The highest BCUT2D eigenvalue weighted by Gasteiger charge is 2.36. The van der Waals surface area contributed by atoms with E-state index in [-0.39, 0.29) is 30.1 Å². The van der Waals surface area contributed by atoms with E-state index in [9.17, 15) is 19.2 Å². The van der Waals surface area contributed by atoms with Gasteiger partial charge in [0.15, 0.2) is 5.78 Å². The van der Waals surface area contributed by atoms with E-state index in [1.165, 1.54) is 0 Å². The highest BCUT2D eigenvalue weighted by atomic mass is 16.6. The summed E-state index contributed by atoms with van der Waals surface area (Å²) < 4.78 is 10.7. The zero-order valence-electron chi connectivity index (χ0n) is 20.0. The second-order valence-corrected chi connectivity index (χ2v) is 9.01. The molecule has 7 heteroatoms. The van der Waals surface area contributed by atoms with Crippen LogP contribution in [0.1, 0.15) is 77.5 Å². The maximum absolute atomic E-state index is 12.8. The van der Waals surface area contributed by atoms with Crippen LogP contribution in [0.2, 0.25) is 0 Å². The second-order valence-electron chi connectivity index (χ2n) is 9.01. The van der Waals surface area contributed by atoms with Gasteiger partial charge in [-0.05, 0) is 42.8 Å². The molecule has 2 amide bonds. The van der Waals surface area contributed by atoms with Crippen LogP contribution in [0.4, 0.5) is 0 Å². The second kappa shape index (κ2) is 11.1. The molecule has 0 fully saturated rings. The first kappa shape index (κ1) is 25.1. The smallest absolute Gasteiger partial charge is 0.326 e. The predicted octanol–water partition coefficient (Wildman–Crippen LogP) is 4.69. The summed E-state index contributed by atoms with van der Waals surface area (Å²) in [6.45, 7) is 5.72. The quantitative estimate of drug-likeness (QED) is 0.195. The van der Waals surface area contributed by atoms with E-state index in [0.717, 1.165) is 30.6 Å². The number of ether oxygens (including phenoxy) is 2. The van der Waals surface area contributed by atoms with Crippen molar-refractivity contribution in [3.63, 3.8) is 0 Å². The number of fused-ring (bicyclic) bond motifs is 1. The average molecular weight is 466 g/mol. The number of nitrogens with zero attached hydrogens (tertiary/aromatic N) is 1. The summed E-state index contributed by atoms with van der Waals surface area (Å²) >= 11 is 0. The van der Waals surface area contributed by atoms with Crippen molar-refractivity contribution in [1.29, 1.82) is 0 Å². The molecule has 1 aliphatic rings. The Morgan fingerprint density at radius 3 is 2.09 bits per heavy atom. The van der Waals surface area contributed by atoms with Gasteiger partial charge in [-0.15, -0.1) is 0 Å². The lowest BCUT2D eigenvalue weighted by Gasteiger charge is -2.23. The Morgan fingerprint density at radius 1 is 0.882 bits per heavy atom. The van der Waals surface area contributed by atoms with Gasteiger partial charge in [0.1, 0.15) is 25.5 Å². The van der Waals surface area contributed by atoms with Gasteiger partial charge in [0, 0.05) is 11.0 Å². The number of hydrogen-bond acceptors (Lipinski definition) is 6. The van der Waals surface area contributed by atoms with Gasteiger partial charge in [0.25, 0.3) is 11.8 Å². The van der Waals surface area contributed by atoms with Crippen LogP contribution in [0.3, 0.4) is 0 Å². The average Bonchev–Trinajstić information content (AvgIpc) is 3.07. The van der Waals surface area contributed by atoms with Crippen molar-refractivity contribution in [3.8, 4) is 5.75 Å². The molecule has 1 heterocycles. The van der Waals surface area contributed by atoms with Crippen LogP contribution >= 0.6 is 0 Å². The summed E-state index contributed by atoms with van der Waals surface area (Å²) in [7, 11) is 0. The minimum atomic E-state index is -0.690. The number of unbranched alkanes of at least 4 members (excludes halogenated alkanes) is 2. The first-order valence-corrected chi connectivity index (χ1v) is 11.6. The van der Waals surface area contributed by atoms with Crippen LogP contribution in [-0.2, 0) is 9.53 Å². The number of esters is 1. The number of imide groups is 1. The molecular weight excluding hydrogens is 434 g/mol. The fourth-order valence-electron chi connectivity index (χ4n) is 3.90. The Hall–Kier alpha value is -3.48. The third kappa shape index (κ3) is 5.90. The summed E-state index contributed by atoms with van der Waals surface area (Å²) in [6, 6.07) is 13.4. The van der Waals surface area contributed by atoms with Crippen LogP contribution in [0, 0.1) is 5.41 Å². The predicted molar refractivity (Wildman–Crippen MR) is 127 cm³/mol. The topological polar surface area (TPSA) is 90.0 Å². The van der Waals surface area contributed by atoms with Gasteiger partial charge in [-0.25, -0.2) is 0 Å². The van der Waals surface area contributed by atoms with Crippen molar-refractivity contribution in [2.45, 2.75) is 46.5 Å². The third-order valence-corrected chi connectivity index (χ3v) is 5.92. The van der Waals surface area contributed by atoms with E-state index < -0.39 is 29.7 Å². The summed E-state index contributed by atoms with van der Waals surface area (Å²) in [5.74, 6) is -1.03. The fourth-order valence-corrected chi connectivity index (χ4v) is 3.90. The molecule has 2 aromatic carbocycles. The molecule has 0 aromatic heterocycles. The molecule has 0 bridgehead atoms. The molecule has 0 unspecified atom stereocenters. The van der Waals surface area contributed by atoms with Crippen LogP contribution in [-0.4, -0.2) is 48.2 Å². The molecule has 2 aromatic rings. The summed E-state index contributed by atoms with van der Waals surface area (Å²) in [4.78, 5) is 50.4. The molecule has 0 aliphatic carbocycles. The number of carbonyl (C=O) groups excluding carboxylic acids is 4. The zero-order chi connectivity index (χ0) is 24.7. The largest absolute Gasteiger partial charge is 0.490 e. The number of rotatable bonds is 12. The summed E-state index contributed by atoms with van der Waals surface area (Å²) in [5.41, 5.74) is 0.802. The minimum absolute atomic E-state index is 0.0346. The summed E-state index contributed by atoms with van der Waals surface area (Å²) in [5, 5.41) is 0. The molecule has 0 saturated heterocycles. The van der Waals surface area contributed by atoms with Gasteiger partial charge in [-0.1, -0.05) is 52.2 Å². The van der Waals surface area contributed by atoms with E-state index >= 15 is 0 Å². The van der Waals surface area contributed by atoms with Crippen molar-refractivity contribution in [1.82, 2.24) is 4.90 Å². The molecular formula is C27H31NO6. The van der Waals surface area contributed by atoms with E-state index in [2.05, 4.69) is 6.92 Å². The van der Waals surface area contributed by atoms with Crippen LogP contribution in [0.5, 0.6) is 5.75 Å². The van der Waals surface area contributed by atoms with Crippen molar-refractivity contribution < 1.29 is 28.7 Å². The van der Waals surface area contributed by atoms with Gasteiger partial charge in [-0.2, -0.15) is 0 Å². The Kier molecular flexibility index (Phi) is 8.21. The van der Waals surface area contributed by atoms with Gasteiger partial charge >= 0.3 is 5.97 Å². The molecule has 0 radical (unpaired) electrons. The SMILES string of the molecule is CCCCCC(C)(C)C(=O)c1ccc(OCCOC(=O)CN2C(=O)c3ccccc3C2=O)cc1. The normalized spacial score (nSPS) is 13.1. The Morgan fingerprint density at radius 2 is 1.50 bits per heavy atom. The lowest BCUT2D eigenvalue weighted by Crippen LogP contribution is -2.36. The number of benzene rings is 2. The van der Waals surface area contributed by atoms with E-state index in [1.807, 2.05) is 13.8 Å². The molecule has 0 atom stereocenters. The molecule has 34 heavy (non-hydrogen) atoms. The molecule has 180 valence electrons. The number of ketones is 1. The highest BCUT2D eigenvalue weighted by molar-refractivity contribution is 6.22. The Labute approximate surface area is 200 Å². The number of amides is 2. The highest BCUT2D eigenvalue weighted by Crippen LogP contribution is 2.29. The minimum Gasteiger partial charge on any atom is -0.490 e. The number of Topliss-reactive ketones (excluding diaryl/α,β-unsaturated/α-hetero) is 1. The van der Waals surface area contributed by atoms with Crippen molar-refractivity contribution in [2.75, 3.05) is 19.8 Å². The number of hydrogen-bond donors (Lipinski definition) is 0. The van der Waals surface area contributed by atoms with Gasteiger partial charge in [0.05, 0.1) is 11.1 Å². The van der Waals surface area contributed by atoms with Crippen LogP contribution in [0.15, 0.2) is 48.5 Å². The van der Waals surface area contributed by atoms with Crippen molar-refractivity contribution >= 4 is 23.6 Å². The molecule has 1 aliphatic heterocycles. The first-order chi connectivity index (χ1) is 16.2. The summed E-state index contributed by atoms with van der Waals surface area (Å²) in [6.07, 6.45) is 4.12. The standard InChI is InChI=1S/C27H31NO6/c1-4-5-8-15-27(2,3)24(30)19-11-13-20(14-12-19)33-16-17-34-23(29)18-28-25(31)21-9-6-7-10-22(21)26(28)32/h6-7,9-14H,4-5,8,15-18H2,1-3H3. The van der Waals surface area contributed by atoms with E-state index in [4.69, 9.17) is 9.47 Å². The van der Waals surface area contributed by atoms with Gasteiger partial charge in [-0.3, -0.25) is 24.1 Å². The lowest BCUT2D eigenvalue weighted by molar-refractivity contribution is -0.144. The molecule has 3 rings (SSSR count). The van der Waals surface area contributed by atoms with Gasteiger partial charge < -0.3 is 9.47 Å². The number of carbonyl (C=O) groups is 4. The first-order valence-electron chi connectivity index (χ1n) is 11.6. The third-order valence-electron chi connectivity index (χ3n) is 5.92. The van der Waals surface area contributed by atoms with Crippen LogP contribution in [0.25, 0.3) is 0 Å². The fraction of sp³-hybridized carbons (Fsp3) is 0.407. The van der Waals surface area contributed by atoms with E-state index in [1.54, 1.807) is 48.5 Å².